The summed E-state index contributed by atoms with van der Waals surface area (Å²) >= 11 is 5.84. The van der Waals surface area contributed by atoms with E-state index < -0.39 is 5.82 Å². The molecule has 0 bridgehead atoms. The van der Waals surface area contributed by atoms with E-state index >= 15 is 0 Å². The Morgan fingerprint density at radius 3 is 3.00 bits per heavy atom. The van der Waals surface area contributed by atoms with Gasteiger partial charge in [0.05, 0.1) is 23.9 Å². The predicted octanol–water partition coefficient (Wildman–Crippen LogP) is 2.55. The van der Waals surface area contributed by atoms with Gasteiger partial charge in [0.2, 0.25) is 5.91 Å². The van der Waals surface area contributed by atoms with Crippen LogP contribution in [0, 0.1) is 5.82 Å². The second kappa shape index (κ2) is 6.72. The van der Waals surface area contributed by atoms with Gasteiger partial charge in [0.1, 0.15) is 18.5 Å². The number of halogens is 2. The van der Waals surface area contributed by atoms with E-state index in [1.54, 1.807) is 21.7 Å². The first-order valence-corrected chi connectivity index (χ1v) is 8.72. The first kappa shape index (κ1) is 16.5. The molecule has 4 rings (SSSR count). The molecule has 1 aromatic heterocycles. The highest BCUT2D eigenvalue weighted by Crippen LogP contribution is 2.38. The third-order valence-electron chi connectivity index (χ3n) is 4.58. The molecular weight excluding hydrogens is 347 g/mol. The van der Waals surface area contributed by atoms with Gasteiger partial charge >= 0.3 is 0 Å². The Morgan fingerprint density at radius 1 is 1.40 bits per heavy atom. The van der Waals surface area contributed by atoms with Gasteiger partial charge in [-0.15, -0.1) is 5.10 Å². The molecule has 6 nitrogen and oxygen atoms in total. The van der Waals surface area contributed by atoms with Crippen molar-refractivity contribution in [3.05, 3.63) is 46.5 Å². The quantitative estimate of drug-likeness (QED) is 0.836. The van der Waals surface area contributed by atoms with Crippen molar-refractivity contribution in [2.24, 2.45) is 0 Å². The maximum atomic E-state index is 13.3. The van der Waals surface area contributed by atoms with Gasteiger partial charge in [0, 0.05) is 18.7 Å². The van der Waals surface area contributed by atoms with Gasteiger partial charge < -0.3 is 9.64 Å². The third kappa shape index (κ3) is 3.67. The molecule has 0 spiro atoms. The number of benzene rings is 1. The van der Waals surface area contributed by atoms with E-state index in [2.05, 4.69) is 10.3 Å². The number of hydrogen-bond acceptors (Lipinski definition) is 4. The highest BCUT2D eigenvalue weighted by molar-refractivity contribution is 6.30. The Bertz CT molecular complexity index is 793. The minimum atomic E-state index is -0.466. The fourth-order valence-corrected chi connectivity index (χ4v) is 3.17. The Kier molecular flexibility index (Phi) is 4.43. The van der Waals surface area contributed by atoms with Gasteiger partial charge in [0.25, 0.3) is 0 Å². The first-order valence-electron chi connectivity index (χ1n) is 8.34. The van der Waals surface area contributed by atoms with Crippen molar-refractivity contribution in [1.82, 2.24) is 19.9 Å². The molecule has 1 saturated heterocycles. The highest BCUT2D eigenvalue weighted by atomic mass is 35.5. The zero-order valence-corrected chi connectivity index (χ0v) is 14.3. The molecule has 2 fully saturated rings. The van der Waals surface area contributed by atoms with Crippen LogP contribution in [0.3, 0.4) is 0 Å². The SMILES string of the molecule is O=C(Cn1cc(C2CC2)nn1)N1CCO[C@H](c2ccc(F)c(Cl)c2)C1. The molecule has 1 saturated carbocycles. The van der Waals surface area contributed by atoms with Gasteiger partial charge in [-0.1, -0.05) is 22.9 Å². The van der Waals surface area contributed by atoms with Crippen LogP contribution in [0.25, 0.3) is 0 Å². The molecule has 1 amide bonds. The normalized spacial score (nSPS) is 20.7. The molecule has 0 radical (unpaired) electrons. The number of morpholine rings is 1. The van der Waals surface area contributed by atoms with Crippen LogP contribution in [0.15, 0.2) is 24.4 Å². The molecule has 8 heteroatoms. The summed E-state index contributed by atoms with van der Waals surface area (Å²) < 4.78 is 20.6. The topological polar surface area (TPSA) is 60.2 Å². The standard InChI is InChI=1S/C17H18ClFN4O2/c18-13-7-12(3-4-14(13)19)16-9-22(5-6-25-16)17(24)10-23-8-15(20-21-23)11-1-2-11/h3-4,7-8,11,16H,1-2,5-6,9-10H2/t16-/m0/s1. The van der Waals surface area contributed by atoms with E-state index in [0.717, 1.165) is 24.1 Å². The molecule has 0 N–H and O–H groups in total. The maximum Gasteiger partial charge on any atom is 0.244 e. The number of nitrogens with zero attached hydrogens (tertiary/aromatic N) is 4. The summed E-state index contributed by atoms with van der Waals surface area (Å²) in [6, 6.07) is 4.50. The lowest BCUT2D eigenvalue weighted by atomic mass is 10.1. The second-order valence-corrected chi connectivity index (χ2v) is 6.90. The van der Waals surface area contributed by atoms with Gasteiger partial charge in [-0.05, 0) is 30.5 Å². The summed E-state index contributed by atoms with van der Waals surface area (Å²) in [6.45, 7) is 1.52. The minimum absolute atomic E-state index is 0.0336. The van der Waals surface area contributed by atoms with Crippen molar-refractivity contribution in [3.63, 3.8) is 0 Å². The number of amides is 1. The van der Waals surface area contributed by atoms with Crippen molar-refractivity contribution < 1.29 is 13.9 Å². The lowest BCUT2D eigenvalue weighted by molar-refractivity contribution is -0.139. The highest BCUT2D eigenvalue weighted by Gasteiger charge is 2.28. The van der Waals surface area contributed by atoms with Crippen LogP contribution in [0.1, 0.15) is 36.1 Å². The van der Waals surface area contributed by atoms with E-state index in [1.165, 1.54) is 6.07 Å². The summed E-state index contributed by atoms with van der Waals surface area (Å²) in [7, 11) is 0. The van der Waals surface area contributed by atoms with E-state index in [4.69, 9.17) is 16.3 Å². The zero-order chi connectivity index (χ0) is 17.4. The monoisotopic (exact) mass is 364 g/mol. The van der Waals surface area contributed by atoms with E-state index in [9.17, 15) is 9.18 Å². The smallest absolute Gasteiger partial charge is 0.244 e. The van der Waals surface area contributed by atoms with Crippen LogP contribution in [0.2, 0.25) is 5.02 Å². The summed E-state index contributed by atoms with van der Waals surface area (Å²) in [6.07, 6.45) is 3.84. The van der Waals surface area contributed by atoms with E-state index in [1.807, 2.05) is 6.20 Å². The summed E-state index contributed by atoms with van der Waals surface area (Å²) in [5.41, 5.74) is 1.73. The molecule has 1 aliphatic carbocycles. The molecule has 25 heavy (non-hydrogen) atoms. The zero-order valence-electron chi connectivity index (χ0n) is 13.6. The number of aromatic nitrogens is 3. The molecule has 0 unspecified atom stereocenters. The fraction of sp³-hybridized carbons (Fsp3) is 0.471. The Morgan fingerprint density at radius 2 is 2.24 bits per heavy atom. The molecule has 2 aliphatic rings. The molecule has 1 atom stereocenters. The Balaban J connectivity index is 1.40. The number of rotatable bonds is 4. The van der Waals surface area contributed by atoms with Crippen LogP contribution < -0.4 is 0 Å². The van der Waals surface area contributed by atoms with Gasteiger partial charge in [-0.3, -0.25) is 4.79 Å². The lowest BCUT2D eigenvalue weighted by Crippen LogP contribution is -2.43. The molecule has 132 valence electrons. The summed E-state index contributed by atoms with van der Waals surface area (Å²) in [5, 5.41) is 8.22. The van der Waals surface area contributed by atoms with Crippen molar-refractivity contribution >= 4 is 17.5 Å². The molecule has 2 heterocycles. The van der Waals surface area contributed by atoms with Crippen molar-refractivity contribution in [3.8, 4) is 0 Å². The maximum absolute atomic E-state index is 13.3. The number of carbonyl (C=O) groups excluding carboxylic acids is 1. The van der Waals surface area contributed by atoms with Gasteiger partial charge in [-0.25, -0.2) is 9.07 Å². The molecular formula is C17H18ClFN4O2. The summed E-state index contributed by atoms with van der Waals surface area (Å²) in [4.78, 5) is 14.3. The first-order chi connectivity index (χ1) is 12.1. The van der Waals surface area contributed by atoms with Crippen LogP contribution in [0.4, 0.5) is 4.39 Å². The van der Waals surface area contributed by atoms with Gasteiger partial charge in [0.15, 0.2) is 0 Å². The lowest BCUT2D eigenvalue weighted by Gasteiger charge is -2.33. The van der Waals surface area contributed by atoms with Gasteiger partial charge in [-0.2, -0.15) is 0 Å². The van der Waals surface area contributed by atoms with E-state index in [0.29, 0.717) is 25.6 Å². The van der Waals surface area contributed by atoms with Crippen molar-refractivity contribution in [2.45, 2.75) is 31.4 Å². The van der Waals surface area contributed by atoms with Crippen LogP contribution >= 0.6 is 11.6 Å². The van der Waals surface area contributed by atoms with Crippen LogP contribution in [0.5, 0.6) is 0 Å². The number of carbonyl (C=O) groups is 1. The number of hydrogen-bond donors (Lipinski definition) is 0. The van der Waals surface area contributed by atoms with Crippen molar-refractivity contribution in [2.75, 3.05) is 19.7 Å². The third-order valence-corrected chi connectivity index (χ3v) is 4.87. The molecule has 2 aromatic rings. The van der Waals surface area contributed by atoms with Crippen LogP contribution in [-0.4, -0.2) is 45.5 Å². The second-order valence-electron chi connectivity index (χ2n) is 6.49. The van der Waals surface area contributed by atoms with Crippen LogP contribution in [-0.2, 0) is 16.1 Å². The van der Waals surface area contributed by atoms with E-state index in [-0.39, 0.29) is 23.6 Å². The average molecular weight is 365 g/mol. The Hall–Kier alpha value is -1.99. The largest absolute Gasteiger partial charge is 0.370 e. The molecule has 1 aromatic carbocycles. The average Bonchev–Trinajstić information content (AvgIpc) is 3.37. The molecule has 1 aliphatic heterocycles. The number of ether oxygens (including phenoxy) is 1. The minimum Gasteiger partial charge on any atom is -0.370 e. The summed E-state index contributed by atoms with van der Waals surface area (Å²) in [5.74, 6) is 0.0143. The Labute approximate surface area is 149 Å². The van der Waals surface area contributed by atoms with Crippen molar-refractivity contribution in [1.29, 1.82) is 0 Å². The predicted molar refractivity (Wildman–Crippen MR) is 88.7 cm³/mol. The fourth-order valence-electron chi connectivity index (χ4n) is 2.99.